The minimum absolute atomic E-state index is 0.0277. The highest BCUT2D eigenvalue weighted by atomic mass is 19.4. The average molecular weight is 234 g/mol. The fourth-order valence-corrected chi connectivity index (χ4v) is 1.35. The quantitative estimate of drug-likeness (QED) is 0.870. The maximum atomic E-state index is 11.9. The first kappa shape index (κ1) is 12.9. The van der Waals surface area contributed by atoms with Crippen molar-refractivity contribution >= 4 is 0 Å². The van der Waals surface area contributed by atoms with Crippen LogP contribution in [0.25, 0.3) is 0 Å². The van der Waals surface area contributed by atoms with Crippen LogP contribution >= 0.6 is 0 Å². The number of rotatable bonds is 4. The van der Waals surface area contributed by atoms with Gasteiger partial charge in [-0.05, 0) is 19.8 Å². The number of nitrogens with zero attached hydrogens (tertiary/aromatic N) is 2. The average Bonchev–Trinajstić information content (AvgIpc) is 2.17. The van der Waals surface area contributed by atoms with Crippen molar-refractivity contribution < 1.29 is 18.3 Å². The Morgan fingerprint density at radius 1 is 1.19 bits per heavy atom. The molecule has 1 atom stereocenters. The predicted molar refractivity (Wildman–Crippen MR) is 51.5 cm³/mol. The van der Waals surface area contributed by atoms with Gasteiger partial charge in [0.05, 0.1) is 5.60 Å². The highest BCUT2D eigenvalue weighted by molar-refractivity contribution is 5.12. The highest BCUT2D eigenvalue weighted by Gasteiger charge is 2.29. The molecule has 1 heterocycles. The summed E-state index contributed by atoms with van der Waals surface area (Å²) in [5.41, 5.74) is -0.885. The summed E-state index contributed by atoms with van der Waals surface area (Å²) in [6.07, 6.45) is -1.05. The Morgan fingerprint density at radius 3 is 2.25 bits per heavy atom. The maximum Gasteiger partial charge on any atom is 0.389 e. The van der Waals surface area contributed by atoms with Crippen molar-refractivity contribution in [2.24, 2.45) is 0 Å². The summed E-state index contributed by atoms with van der Waals surface area (Å²) in [5.74, 6) is 0. The van der Waals surface area contributed by atoms with Crippen molar-refractivity contribution in [1.29, 1.82) is 0 Å². The van der Waals surface area contributed by atoms with Gasteiger partial charge in [-0.1, -0.05) is 0 Å². The highest BCUT2D eigenvalue weighted by Crippen LogP contribution is 2.29. The summed E-state index contributed by atoms with van der Waals surface area (Å²) in [6, 6.07) is 0. The van der Waals surface area contributed by atoms with Crippen LogP contribution in [0.15, 0.2) is 18.7 Å². The van der Waals surface area contributed by atoms with Crippen molar-refractivity contribution in [3.05, 3.63) is 24.3 Å². The van der Waals surface area contributed by atoms with Crippen molar-refractivity contribution in [1.82, 2.24) is 9.97 Å². The van der Waals surface area contributed by atoms with Crippen LogP contribution in [0.3, 0.4) is 0 Å². The van der Waals surface area contributed by atoms with E-state index in [-0.39, 0.29) is 12.8 Å². The zero-order valence-corrected chi connectivity index (χ0v) is 8.83. The van der Waals surface area contributed by atoms with E-state index in [9.17, 15) is 18.3 Å². The molecule has 6 heteroatoms. The number of aromatic nitrogens is 2. The molecular formula is C10H13F3N2O. The molecule has 1 aromatic rings. The Kier molecular flexibility index (Phi) is 3.85. The number of aliphatic hydroxyl groups is 1. The summed E-state index contributed by atoms with van der Waals surface area (Å²) in [4.78, 5) is 7.43. The molecule has 0 aromatic carbocycles. The molecule has 0 saturated heterocycles. The van der Waals surface area contributed by atoms with Crippen LogP contribution in [0.2, 0.25) is 0 Å². The van der Waals surface area contributed by atoms with Gasteiger partial charge in [-0.15, -0.1) is 0 Å². The van der Waals surface area contributed by atoms with Crippen molar-refractivity contribution in [2.45, 2.75) is 38.0 Å². The summed E-state index contributed by atoms with van der Waals surface area (Å²) in [6.45, 7) is 1.46. The molecule has 0 fully saturated rings. The van der Waals surface area contributed by atoms with E-state index in [2.05, 4.69) is 9.97 Å². The first-order valence-electron chi connectivity index (χ1n) is 4.86. The molecule has 0 spiro atoms. The Labute approximate surface area is 91.4 Å². The molecule has 1 unspecified atom stereocenters. The second-order valence-electron chi connectivity index (χ2n) is 3.87. The van der Waals surface area contributed by atoms with Crippen molar-refractivity contribution in [3.8, 4) is 0 Å². The lowest BCUT2D eigenvalue weighted by Crippen LogP contribution is -2.22. The van der Waals surface area contributed by atoms with Crippen LogP contribution in [-0.4, -0.2) is 21.3 Å². The molecular weight excluding hydrogens is 221 g/mol. The molecule has 0 bridgehead atoms. The van der Waals surface area contributed by atoms with Crippen LogP contribution in [0.4, 0.5) is 13.2 Å². The molecule has 0 aliphatic carbocycles. The summed E-state index contributed by atoms with van der Waals surface area (Å²) >= 11 is 0. The molecule has 0 aliphatic rings. The molecule has 1 rings (SSSR count). The third-order valence-corrected chi connectivity index (χ3v) is 2.31. The third-order valence-electron chi connectivity index (χ3n) is 2.31. The standard InChI is InChI=1S/C10H13F3N2O/c1-9(16,3-2-4-10(11,12)13)8-5-14-7-15-6-8/h5-7,16H,2-4H2,1H3. The number of hydrogen-bond acceptors (Lipinski definition) is 3. The van der Waals surface area contributed by atoms with Crippen molar-refractivity contribution in [2.75, 3.05) is 0 Å². The van der Waals surface area contributed by atoms with Gasteiger partial charge in [-0.25, -0.2) is 9.97 Å². The Balaban J connectivity index is 2.53. The second-order valence-corrected chi connectivity index (χ2v) is 3.87. The molecule has 0 radical (unpaired) electrons. The molecule has 0 amide bonds. The maximum absolute atomic E-state index is 11.9. The SMILES string of the molecule is CC(O)(CCCC(F)(F)F)c1cncnc1. The van der Waals surface area contributed by atoms with Gasteiger partial charge in [0, 0.05) is 24.4 Å². The van der Waals surface area contributed by atoms with Gasteiger partial charge in [-0.3, -0.25) is 0 Å². The predicted octanol–water partition coefficient (Wildman–Crippen LogP) is 2.42. The lowest BCUT2D eigenvalue weighted by atomic mass is 9.92. The van der Waals surface area contributed by atoms with E-state index < -0.39 is 18.2 Å². The molecule has 16 heavy (non-hydrogen) atoms. The van der Waals surface area contributed by atoms with Gasteiger partial charge in [0.25, 0.3) is 0 Å². The summed E-state index contributed by atoms with van der Waals surface area (Å²) in [7, 11) is 0. The number of hydrogen-bond donors (Lipinski definition) is 1. The van der Waals surface area contributed by atoms with E-state index in [1.54, 1.807) is 0 Å². The Hall–Kier alpha value is -1.17. The minimum Gasteiger partial charge on any atom is -0.385 e. The number of alkyl halides is 3. The van der Waals surface area contributed by atoms with E-state index in [1.807, 2.05) is 0 Å². The zero-order valence-electron chi connectivity index (χ0n) is 8.83. The lowest BCUT2D eigenvalue weighted by molar-refractivity contribution is -0.137. The molecule has 1 N–H and O–H groups in total. The minimum atomic E-state index is -4.18. The van der Waals surface area contributed by atoms with E-state index in [0.29, 0.717) is 5.56 Å². The van der Waals surface area contributed by atoms with Gasteiger partial charge in [-0.2, -0.15) is 13.2 Å². The fraction of sp³-hybridized carbons (Fsp3) is 0.600. The van der Waals surface area contributed by atoms with Gasteiger partial charge >= 0.3 is 6.18 Å². The van der Waals surface area contributed by atoms with Crippen LogP contribution < -0.4 is 0 Å². The van der Waals surface area contributed by atoms with E-state index in [1.165, 1.54) is 25.6 Å². The largest absolute Gasteiger partial charge is 0.389 e. The van der Waals surface area contributed by atoms with Crippen LogP contribution in [0.5, 0.6) is 0 Å². The van der Waals surface area contributed by atoms with Crippen LogP contribution in [-0.2, 0) is 5.60 Å². The van der Waals surface area contributed by atoms with Gasteiger partial charge in [0.1, 0.15) is 6.33 Å². The first-order valence-corrected chi connectivity index (χ1v) is 4.86. The van der Waals surface area contributed by atoms with E-state index in [0.717, 1.165) is 0 Å². The molecule has 0 saturated carbocycles. The monoisotopic (exact) mass is 234 g/mol. The zero-order chi connectivity index (χ0) is 12.2. The van der Waals surface area contributed by atoms with Crippen molar-refractivity contribution in [3.63, 3.8) is 0 Å². The second kappa shape index (κ2) is 4.78. The normalized spacial score (nSPS) is 15.8. The Bertz CT molecular complexity index is 325. The summed E-state index contributed by atoms with van der Waals surface area (Å²) < 4.78 is 35.8. The first-order chi connectivity index (χ1) is 7.31. The van der Waals surface area contributed by atoms with E-state index >= 15 is 0 Å². The van der Waals surface area contributed by atoms with Crippen LogP contribution in [0, 0.1) is 0 Å². The third kappa shape index (κ3) is 4.14. The smallest absolute Gasteiger partial charge is 0.385 e. The number of halogens is 3. The fourth-order valence-electron chi connectivity index (χ4n) is 1.35. The van der Waals surface area contributed by atoms with Gasteiger partial charge in [0.2, 0.25) is 0 Å². The molecule has 1 aromatic heterocycles. The summed E-state index contributed by atoms with van der Waals surface area (Å²) in [5, 5.41) is 9.94. The molecule has 90 valence electrons. The lowest BCUT2D eigenvalue weighted by Gasteiger charge is -2.23. The molecule has 0 aliphatic heterocycles. The van der Waals surface area contributed by atoms with Crippen LogP contribution in [0.1, 0.15) is 31.7 Å². The van der Waals surface area contributed by atoms with Gasteiger partial charge < -0.3 is 5.11 Å². The van der Waals surface area contributed by atoms with Gasteiger partial charge in [0.15, 0.2) is 0 Å². The topological polar surface area (TPSA) is 46.0 Å². The van der Waals surface area contributed by atoms with E-state index in [4.69, 9.17) is 0 Å². The Morgan fingerprint density at radius 2 is 1.75 bits per heavy atom. The molecule has 3 nitrogen and oxygen atoms in total.